The zero-order chi connectivity index (χ0) is 20.8. The number of hydrogen-bond acceptors (Lipinski definition) is 0. The average Bonchev–Trinajstić information content (AvgIpc) is 3.20. The first-order chi connectivity index (χ1) is 13.8. The van der Waals surface area contributed by atoms with E-state index < -0.39 is 0 Å². The zero-order valence-corrected chi connectivity index (χ0v) is 18.3. The highest BCUT2D eigenvalue weighted by Crippen LogP contribution is 2.51. The van der Waals surface area contributed by atoms with Gasteiger partial charge in [-0.3, -0.25) is 0 Å². The Kier molecular flexibility index (Phi) is 4.64. The summed E-state index contributed by atoms with van der Waals surface area (Å²) >= 11 is 0. The van der Waals surface area contributed by atoms with Gasteiger partial charge in [-0.15, -0.1) is 12.3 Å². The van der Waals surface area contributed by atoms with Crippen molar-refractivity contribution in [2.24, 2.45) is 0 Å². The van der Waals surface area contributed by atoms with Gasteiger partial charge in [-0.2, -0.15) is 0 Å². The molecule has 29 heavy (non-hydrogen) atoms. The molecule has 0 amide bonds. The number of benzene rings is 2. The van der Waals surface area contributed by atoms with Gasteiger partial charge in [0.15, 0.2) is 0 Å². The highest BCUT2D eigenvalue weighted by Gasteiger charge is 2.39. The van der Waals surface area contributed by atoms with Gasteiger partial charge in [-0.05, 0) is 53.3 Å². The van der Waals surface area contributed by atoms with Gasteiger partial charge in [0.2, 0.25) is 0 Å². The predicted octanol–water partition coefficient (Wildman–Crippen LogP) is 7.48. The van der Waals surface area contributed by atoms with Crippen LogP contribution in [0.1, 0.15) is 56.9 Å². The Hall–Kier alpha value is -2.82. The number of allylic oxidation sites excluding steroid dienone is 6. The SMILES string of the molecule is C=CCc1ccccc1C(C)(C)/C(C)=C/C1=C=C2C(=C1)C(C)(C)c1ccccc12. The van der Waals surface area contributed by atoms with Crippen molar-refractivity contribution < 1.29 is 0 Å². The predicted molar refractivity (Wildman–Crippen MR) is 125 cm³/mol. The van der Waals surface area contributed by atoms with Crippen LogP contribution in [-0.2, 0) is 17.3 Å². The summed E-state index contributed by atoms with van der Waals surface area (Å²) in [7, 11) is 0. The van der Waals surface area contributed by atoms with E-state index in [2.05, 4.69) is 108 Å². The highest BCUT2D eigenvalue weighted by molar-refractivity contribution is 5.92. The molecule has 2 aliphatic carbocycles. The first-order valence-corrected chi connectivity index (χ1v) is 10.5. The van der Waals surface area contributed by atoms with E-state index in [9.17, 15) is 0 Å². The molecule has 0 fully saturated rings. The van der Waals surface area contributed by atoms with E-state index in [0.717, 1.165) is 6.42 Å². The maximum absolute atomic E-state index is 3.93. The number of hydrogen-bond donors (Lipinski definition) is 0. The van der Waals surface area contributed by atoms with E-state index in [1.807, 2.05) is 6.08 Å². The normalized spacial score (nSPS) is 17.3. The lowest BCUT2D eigenvalue weighted by molar-refractivity contribution is 0.617. The molecule has 0 aromatic heterocycles. The second kappa shape index (κ2) is 6.90. The van der Waals surface area contributed by atoms with Crippen molar-refractivity contribution >= 4 is 5.57 Å². The summed E-state index contributed by atoms with van der Waals surface area (Å²) < 4.78 is 0. The topological polar surface area (TPSA) is 0 Å². The van der Waals surface area contributed by atoms with Gasteiger partial charge in [0.25, 0.3) is 0 Å². The molecule has 0 radical (unpaired) electrons. The average molecular weight is 379 g/mol. The molecule has 2 aromatic carbocycles. The molecule has 2 aliphatic rings. The Balaban J connectivity index is 1.77. The van der Waals surface area contributed by atoms with Crippen LogP contribution in [0.3, 0.4) is 0 Å². The van der Waals surface area contributed by atoms with Crippen molar-refractivity contribution in [3.05, 3.63) is 118 Å². The molecule has 146 valence electrons. The second-order valence-corrected chi connectivity index (χ2v) is 9.29. The fraction of sp³-hybridized carbons (Fsp3) is 0.276. The lowest BCUT2D eigenvalue weighted by atomic mass is 9.75. The molecule has 0 nitrogen and oxygen atoms in total. The van der Waals surface area contributed by atoms with Gasteiger partial charge in [0.05, 0.1) is 0 Å². The molecule has 0 N–H and O–H groups in total. The number of fused-ring (bicyclic) bond motifs is 3. The first-order valence-electron chi connectivity index (χ1n) is 10.5. The minimum Gasteiger partial charge on any atom is -0.104 e. The van der Waals surface area contributed by atoms with Crippen LogP contribution in [0.15, 0.2) is 95.8 Å². The van der Waals surface area contributed by atoms with E-state index in [-0.39, 0.29) is 10.8 Å². The van der Waals surface area contributed by atoms with Crippen LogP contribution in [0.5, 0.6) is 0 Å². The van der Waals surface area contributed by atoms with Crippen LogP contribution in [0.2, 0.25) is 0 Å². The van der Waals surface area contributed by atoms with Crippen molar-refractivity contribution in [1.82, 2.24) is 0 Å². The summed E-state index contributed by atoms with van der Waals surface area (Å²) in [6.07, 6.45) is 7.55. The van der Waals surface area contributed by atoms with Crippen LogP contribution in [-0.4, -0.2) is 0 Å². The monoisotopic (exact) mass is 378 g/mol. The quantitative estimate of drug-likeness (QED) is 0.374. The van der Waals surface area contributed by atoms with Gasteiger partial charge >= 0.3 is 0 Å². The molecule has 0 unspecified atom stereocenters. The molecular weight excluding hydrogens is 348 g/mol. The molecule has 0 aliphatic heterocycles. The fourth-order valence-corrected chi connectivity index (χ4v) is 4.74. The maximum Gasteiger partial charge on any atom is 0.0287 e. The van der Waals surface area contributed by atoms with Gasteiger partial charge in [-0.25, -0.2) is 0 Å². The highest BCUT2D eigenvalue weighted by atomic mass is 14.4. The Morgan fingerprint density at radius 2 is 1.76 bits per heavy atom. The zero-order valence-electron chi connectivity index (χ0n) is 18.3. The summed E-state index contributed by atoms with van der Waals surface area (Å²) in [4.78, 5) is 0. The third-order valence-corrected chi connectivity index (χ3v) is 6.79. The summed E-state index contributed by atoms with van der Waals surface area (Å²) in [6.45, 7) is 15.5. The van der Waals surface area contributed by atoms with Crippen molar-refractivity contribution in [3.8, 4) is 0 Å². The summed E-state index contributed by atoms with van der Waals surface area (Å²) in [5.74, 6) is 0. The minimum atomic E-state index is -0.0530. The van der Waals surface area contributed by atoms with Crippen LogP contribution >= 0.6 is 0 Å². The lowest BCUT2D eigenvalue weighted by Gasteiger charge is -2.29. The van der Waals surface area contributed by atoms with E-state index >= 15 is 0 Å². The van der Waals surface area contributed by atoms with Gasteiger partial charge in [-0.1, -0.05) is 87.9 Å². The molecule has 4 rings (SSSR count). The summed E-state index contributed by atoms with van der Waals surface area (Å²) in [6, 6.07) is 17.5. The second-order valence-electron chi connectivity index (χ2n) is 9.29. The first kappa shape index (κ1) is 19.5. The minimum absolute atomic E-state index is 0.0362. The van der Waals surface area contributed by atoms with Crippen LogP contribution in [0.4, 0.5) is 0 Å². The molecule has 0 spiro atoms. The Morgan fingerprint density at radius 3 is 2.52 bits per heavy atom. The Bertz CT molecular complexity index is 1120. The van der Waals surface area contributed by atoms with Crippen molar-refractivity contribution in [2.75, 3.05) is 0 Å². The van der Waals surface area contributed by atoms with Gasteiger partial charge < -0.3 is 0 Å². The Morgan fingerprint density at radius 1 is 1.07 bits per heavy atom. The van der Waals surface area contributed by atoms with Crippen LogP contribution < -0.4 is 0 Å². The third-order valence-electron chi connectivity index (χ3n) is 6.79. The van der Waals surface area contributed by atoms with Crippen molar-refractivity contribution in [3.63, 3.8) is 0 Å². The van der Waals surface area contributed by atoms with E-state index in [1.165, 1.54) is 44.5 Å². The third kappa shape index (κ3) is 3.09. The summed E-state index contributed by atoms with van der Waals surface area (Å²) in [5.41, 5.74) is 14.4. The smallest absolute Gasteiger partial charge is 0.0287 e. The Labute approximate surface area is 175 Å². The van der Waals surface area contributed by atoms with Gasteiger partial charge in [0.1, 0.15) is 0 Å². The summed E-state index contributed by atoms with van der Waals surface area (Å²) in [5, 5.41) is 0. The van der Waals surface area contributed by atoms with Crippen LogP contribution in [0, 0.1) is 0 Å². The van der Waals surface area contributed by atoms with Crippen molar-refractivity contribution in [2.45, 2.75) is 51.9 Å². The number of rotatable bonds is 5. The molecular formula is C29H30. The lowest BCUT2D eigenvalue weighted by Crippen LogP contribution is -2.21. The van der Waals surface area contributed by atoms with Gasteiger partial charge in [0, 0.05) is 22.0 Å². The molecule has 0 heteroatoms. The molecule has 0 saturated carbocycles. The van der Waals surface area contributed by atoms with Crippen LogP contribution in [0.25, 0.3) is 5.57 Å². The standard InChI is InChI=1S/C29H30/c1-7-12-22-13-8-10-15-25(22)28(3,4)20(2)17-21-18-24-23-14-9-11-16-26(23)29(5,6)27(24)19-21/h7-11,13-17,19H,1,12H2,2-6H3/b20-17+. The van der Waals surface area contributed by atoms with E-state index in [1.54, 1.807) is 0 Å². The molecule has 2 aromatic rings. The van der Waals surface area contributed by atoms with E-state index in [0.29, 0.717) is 0 Å². The van der Waals surface area contributed by atoms with Crippen molar-refractivity contribution in [1.29, 1.82) is 0 Å². The molecule has 0 heterocycles. The molecule has 0 saturated heterocycles. The molecule has 0 atom stereocenters. The maximum atomic E-state index is 3.93. The molecule has 0 bridgehead atoms. The fourth-order valence-electron chi connectivity index (χ4n) is 4.74. The largest absolute Gasteiger partial charge is 0.104 e. The van der Waals surface area contributed by atoms with E-state index in [4.69, 9.17) is 0 Å².